The third-order valence-corrected chi connectivity index (χ3v) is 3.43. The van der Waals surface area contributed by atoms with Crippen molar-refractivity contribution in [3.8, 4) is 16.9 Å². The van der Waals surface area contributed by atoms with Gasteiger partial charge in [0.2, 0.25) is 0 Å². The maximum Gasteiger partial charge on any atom is 0.336 e. The molecule has 19 heavy (non-hydrogen) atoms. The van der Waals surface area contributed by atoms with Crippen molar-refractivity contribution in [1.82, 2.24) is 0 Å². The van der Waals surface area contributed by atoms with Crippen LogP contribution in [0.15, 0.2) is 40.9 Å². The third-order valence-electron chi connectivity index (χ3n) is 2.94. The molecule has 0 unspecified atom stereocenters. The van der Waals surface area contributed by atoms with Gasteiger partial charge >= 0.3 is 5.97 Å². The van der Waals surface area contributed by atoms with Gasteiger partial charge in [0.25, 0.3) is 0 Å². The topological polar surface area (TPSA) is 46.5 Å². The zero-order valence-electron chi connectivity index (χ0n) is 10.6. The average molecular weight is 321 g/mol. The van der Waals surface area contributed by atoms with Gasteiger partial charge in [-0.2, -0.15) is 0 Å². The van der Waals surface area contributed by atoms with Crippen LogP contribution in [0, 0.1) is 6.92 Å². The summed E-state index contributed by atoms with van der Waals surface area (Å²) in [4.78, 5) is 11.3. The van der Waals surface area contributed by atoms with Gasteiger partial charge in [-0.3, -0.25) is 0 Å². The Morgan fingerprint density at radius 3 is 2.42 bits per heavy atom. The highest BCUT2D eigenvalue weighted by atomic mass is 79.9. The number of rotatable bonds is 3. The van der Waals surface area contributed by atoms with Gasteiger partial charge in [0.15, 0.2) is 0 Å². The van der Waals surface area contributed by atoms with Crippen LogP contribution in [-0.2, 0) is 0 Å². The normalized spacial score (nSPS) is 10.3. The molecule has 4 heteroatoms. The van der Waals surface area contributed by atoms with Gasteiger partial charge in [-0.1, -0.05) is 28.1 Å². The Balaban J connectivity index is 2.62. The van der Waals surface area contributed by atoms with Crippen molar-refractivity contribution in [2.75, 3.05) is 7.11 Å². The fourth-order valence-electron chi connectivity index (χ4n) is 1.99. The molecule has 0 amide bonds. The number of benzene rings is 2. The highest BCUT2D eigenvalue weighted by molar-refractivity contribution is 9.10. The lowest BCUT2D eigenvalue weighted by molar-refractivity contribution is 0.0697. The van der Waals surface area contributed by atoms with Crippen LogP contribution in [0.2, 0.25) is 0 Å². The number of aryl methyl sites for hydroxylation is 1. The maximum atomic E-state index is 11.3. The summed E-state index contributed by atoms with van der Waals surface area (Å²) in [5, 5.41) is 9.30. The predicted octanol–water partition coefficient (Wildman–Crippen LogP) is 4.13. The van der Waals surface area contributed by atoms with E-state index in [4.69, 9.17) is 4.74 Å². The minimum absolute atomic E-state index is 0.280. The van der Waals surface area contributed by atoms with E-state index in [1.165, 1.54) is 0 Å². The second kappa shape index (κ2) is 5.45. The molecule has 2 aromatic rings. The van der Waals surface area contributed by atoms with Crippen LogP contribution in [-0.4, -0.2) is 18.2 Å². The lowest BCUT2D eigenvalue weighted by Crippen LogP contribution is -2.00. The first-order valence-electron chi connectivity index (χ1n) is 5.71. The smallest absolute Gasteiger partial charge is 0.336 e. The van der Waals surface area contributed by atoms with E-state index in [-0.39, 0.29) is 5.56 Å². The summed E-state index contributed by atoms with van der Waals surface area (Å²) >= 11 is 3.30. The minimum atomic E-state index is -0.938. The van der Waals surface area contributed by atoms with Crippen LogP contribution in [0.5, 0.6) is 5.75 Å². The summed E-state index contributed by atoms with van der Waals surface area (Å²) in [6.45, 7) is 1.94. The molecule has 0 saturated carbocycles. The van der Waals surface area contributed by atoms with Crippen molar-refractivity contribution >= 4 is 21.9 Å². The van der Waals surface area contributed by atoms with E-state index in [0.29, 0.717) is 5.56 Å². The van der Waals surface area contributed by atoms with Crippen molar-refractivity contribution in [1.29, 1.82) is 0 Å². The fraction of sp³-hybridized carbons (Fsp3) is 0.133. The van der Waals surface area contributed by atoms with E-state index in [0.717, 1.165) is 21.3 Å². The van der Waals surface area contributed by atoms with E-state index < -0.39 is 5.97 Å². The molecule has 0 spiro atoms. The monoisotopic (exact) mass is 320 g/mol. The molecule has 2 rings (SSSR count). The van der Waals surface area contributed by atoms with Crippen LogP contribution in [0.3, 0.4) is 0 Å². The Bertz CT molecular complexity index is 635. The molecule has 0 heterocycles. The van der Waals surface area contributed by atoms with Crippen molar-refractivity contribution in [2.24, 2.45) is 0 Å². The Morgan fingerprint density at radius 2 is 1.84 bits per heavy atom. The van der Waals surface area contributed by atoms with E-state index in [2.05, 4.69) is 15.9 Å². The number of carbonyl (C=O) groups is 1. The van der Waals surface area contributed by atoms with Gasteiger partial charge in [-0.25, -0.2) is 4.79 Å². The quantitative estimate of drug-likeness (QED) is 0.924. The molecule has 0 aliphatic heterocycles. The van der Waals surface area contributed by atoms with Crippen LogP contribution < -0.4 is 4.74 Å². The maximum absolute atomic E-state index is 11.3. The van der Waals surface area contributed by atoms with Crippen LogP contribution >= 0.6 is 15.9 Å². The summed E-state index contributed by atoms with van der Waals surface area (Å²) in [7, 11) is 1.61. The number of methoxy groups -OCH3 is 1. The molecular formula is C15H13BrO3. The van der Waals surface area contributed by atoms with Gasteiger partial charge in [-0.05, 0) is 47.9 Å². The van der Waals surface area contributed by atoms with Gasteiger partial charge < -0.3 is 9.84 Å². The standard InChI is InChI=1S/C15H13BrO3/c1-9-7-11(19-2)4-6-12(9)13-5-3-10(16)8-14(13)15(17)18/h3-8H,1-2H3,(H,17,18). The lowest BCUT2D eigenvalue weighted by Gasteiger charge is -2.11. The fourth-order valence-corrected chi connectivity index (χ4v) is 2.35. The minimum Gasteiger partial charge on any atom is -0.497 e. The zero-order chi connectivity index (χ0) is 14.0. The highest BCUT2D eigenvalue weighted by Crippen LogP contribution is 2.31. The Hall–Kier alpha value is -1.81. The first kappa shape index (κ1) is 13.6. The van der Waals surface area contributed by atoms with Crippen molar-refractivity contribution < 1.29 is 14.6 Å². The number of aromatic carboxylic acids is 1. The number of carboxylic acid groups (broad SMARTS) is 1. The molecule has 2 aromatic carbocycles. The average Bonchev–Trinajstić information content (AvgIpc) is 2.39. The molecule has 1 N–H and O–H groups in total. The van der Waals surface area contributed by atoms with Gasteiger partial charge in [0, 0.05) is 4.47 Å². The second-order valence-corrected chi connectivity index (χ2v) is 5.09. The molecule has 3 nitrogen and oxygen atoms in total. The molecule has 0 bridgehead atoms. The number of halogens is 1. The largest absolute Gasteiger partial charge is 0.497 e. The summed E-state index contributed by atoms with van der Waals surface area (Å²) in [6.07, 6.45) is 0. The van der Waals surface area contributed by atoms with Crippen molar-refractivity contribution in [2.45, 2.75) is 6.92 Å². The number of hydrogen-bond donors (Lipinski definition) is 1. The summed E-state index contributed by atoms with van der Waals surface area (Å²) in [6, 6.07) is 10.9. The summed E-state index contributed by atoms with van der Waals surface area (Å²) in [5.74, 6) is -0.179. The van der Waals surface area contributed by atoms with Gasteiger partial charge in [0.05, 0.1) is 12.7 Å². The van der Waals surface area contributed by atoms with E-state index >= 15 is 0 Å². The number of carboxylic acids is 1. The van der Waals surface area contributed by atoms with Crippen LogP contribution in [0.1, 0.15) is 15.9 Å². The van der Waals surface area contributed by atoms with Gasteiger partial charge in [-0.15, -0.1) is 0 Å². The molecule has 0 radical (unpaired) electrons. The molecule has 0 aliphatic rings. The zero-order valence-corrected chi connectivity index (χ0v) is 12.2. The lowest BCUT2D eigenvalue weighted by atomic mass is 9.96. The predicted molar refractivity (Wildman–Crippen MR) is 77.8 cm³/mol. The van der Waals surface area contributed by atoms with Crippen LogP contribution in [0.25, 0.3) is 11.1 Å². The molecule has 0 aliphatic carbocycles. The first-order chi connectivity index (χ1) is 9.02. The third kappa shape index (κ3) is 2.79. The molecule has 0 saturated heterocycles. The molecular weight excluding hydrogens is 308 g/mol. The molecule has 98 valence electrons. The van der Waals surface area contributed by atoms with Crippen molar-refractivity contribution in [3.63, 3.8) is 0 Å². The Labute approximate surface area is 120 Å². The van der Waals surface area contributed by atoms with E-state index in [1.54, 1.807) is 13.2 Å². The highest BCUT2D eigenvalue weighted by Gasteiger charge is 2.14. The number of hydrogen-bond acceptors (Lipinski definition) is 2. The SMILES string of the molecule is COc1ccc(-c2ccc(Br)cc2C(=O)O)c(C)c1. The Kier molecular flexibility index (Phi) is 3.90. The molecule has 0 atom stereocenters. The van der Waals surface area contributed by atoms with E-state index in [9.17, 15) is 9.90 Å². The van der Waals surface area contributed by atoms with Crippen LogP contribution in [0.4, 0.5) is 0 Å². The molecule has 0 fully saturated rings. The second-order valence-electron chi connectivity index (χ2n) is 4.18. The van der Waals surface area contributed by atoms with Crippen molar-refractivity contribution in [3.05, 3.63) is 52.0 Å². The summed E-state index contributed by atoms with van der Waals surface area (Å²) < 4.78 is 5.91. The molecule has 0 aromatic heterocycles. The van der Waals surface area contributed by atoms with Gasteiger partial charge in [0.1, 0.15) is 5.75 Å². The first-order valence-corrected chi connectivity index (χ1v) is 6.50. The summed E-state index contributed by atoms with van der Waals surface area (Å²) in [5.41, 5.74) is 2.85. The van der Waals surface area contributed by atoms with E-state index in [1.807, 2.05) is 37.3 Å². The number of ether oxygens (including phenoxy) is 1. The Morgan fingerprint density at radius 1 is 1.16 bits per heavy atom.